The number of amides is 2. The lowest BCUT2D eigenvalue weighted by molar-refractivity contribution is -0.117. The van der Waals surface area contributed by atoms with E-state index >= 15 is 0 Å². The van der Waals surface area contributed by atoms with E-state index < -0.39 is 0 Å². The number of hydrogen-bond donors (Lipinski definition) is 1. The molecule has 1 aliphatic heterocycles. The molecule has 26 heavy (non-hydrogen) atoms. The molecule has 1 N–H and O–H groups in total. The number of carbonyl (C=O) groups excluding carboxylic acids is 2. The Morgan fingerprint density at radius 2 is 1.88 bits per heavy atom. The van der Waals surface area contributed by atoms with Gasteiger partial charge in [-0.15, -0.1) is 0 Å². The number of nitrogens with zero attached hydrogens (tertiary/aromatic N) is 1. The van der Waals surface area contributed by atoms with Crippen molar-refractivity contribution in [3.63, 3.8) is 0 Å². The Morgan fingerprint density at radius 1 is 1.12 bits per heavy atom. The summed E-state index contributed by atoms with van der Waals surface area (Å²) in [6.45, 7) is 5.91. The van der Waals surface area contributed by atoms with Gasteiger partial charge in [0.05, 0.1) is 0 Å². The maximum atomic E-state index is 12.3. The first kappa shape index (κ1) is 17.8. The van der Waals surface area contributed by atoms with E-state index in [2.05, 4.69) is 5.32 Å². The molecule has 0 aromatic heterocycles. The molecular formula is C20H22N2O4. The highest BCUT2D eigenvalue weighted by molar-refractivity contribution is 5.95. The van der Waals surface area contributed by atoms with Crippen LogP contribution in [0.1, 0.15) is 24.5 Å². The van der Waals surface area contributed by atoms with Crippen LogP contribution in [0, 0.1) is 13.8 Å². The molecule has 0 saturated carbocycles. The largest absolute Gasteiger partial charge is 0.454 e. The summed E-state index contributed by atoms with van der Waals surface area (Å²) in [5, 5.41) is 2.92. The van der Waals surface area contributed by atoms with Crippen LogP contribution in [-0.2, 0) is 9.59 Å². The predicted molar refractivity (Wildman–Crippen MR) is 99.8 cm³/mol. The average molecular weight is 354 g/mol. The molecule has 136 valence electrons. The molecule has 1 aliphatic rings. The number of benzene rings is 2. The lowest BCUT2D eigenvalue weighted by Crippen LogP contribution is -2.32. The Kier molecular flexibility index (Phi) is 5.11. The number of nitrogens with one attached hydrogen (secondary N) is 1. The Bertz CT molecular complexity index is 848. The zero-order chi connectivity index (χ0) is 18.7. The number of carbonyl (C=O) groups is 2. The molecular weight excluding hydrogens is 332 g/mol. The first-order valence-corrected chi connectivity index (χ1v) is 8.49. The highest BCUT2D eigenvalue weighted by atomic mass is 16.7. The second-order valence-electron chi connectivity index (χ2n) is 6.25. The number of ether oxygens (including phenoxy) is 2. The molecule has 1 heterocycles. The van der Waals surface area contributed by atoms with Crippen LogP contribution in [0.5, 0.6) is 11.5 Å². The van der Waals surface area contributed by atoms with Gasteiger partial charge in [-0.3, -0.25) is 9.59 Å². The quantitative estimate of drug-likeness (QED) is 0.893. The number of fused-ring (bicyclic) bond motifs is 1. The van der Waals surface area contributed by atoms with Gasteiger partial charge >= 0.3 is 0 Å². The van der Waals surface area contributed by atoms with Gasteiger partial charge in [0.2, 0.25) is 18.6 Å². The van der Waals surface area contributed by atoms with Gasteiger partial charge in [-0.25, -0.2) is 0 Å². The number of hydrogen-bond acceptors (Lipinski definition) is 4. The monoisotopic (exact) mass is 354 g/mol. The topological polar surface area (TPSA) is 67.9 Å². The molecule has 0 unspecified atom stereocenters. The van der Waals surface area contributed by atoms with Gasteiger partial charge in [0.25, 0.3) is 0 Å². The molecule has 0 atom stereocenters. The van der Waals surface area contributed by atoms with E-state index in [-0.39, 0.29) is 31.6 Å². The summed E-state index contributed by atoms with van der Waals surface area (Å²) in [6, 6.07) is 11.1. The van der Waals surface area contributed by atoms with E-state index in [1.165, 1.54) is 6.92 Å². The Balaban J connectivity index is 1.66. The smallest absolute Gasteiger partial charge is 0.231 e. The maximum Gasteiger partial charge on any atom is 0.231 e. The van der Waals surface area contributed by atoms with E-state index in [0.29, 0.717) is 17.2 Å². The van der Waals surface area contributed by atoms with Gasteiger partial charge in [0.1, 0.15) is 0 Å². The second-order valence-corrected chi connectivity index (χ2v) is 6.25. The summed E-state index contributed by atoms with van der Waals surface area (Å²) in [7, 11) is 0. The fourth-order valence-corrected chi connectivity index (χ4v) is 2.83. The van der Waals surface area contributed by atoms with Crippen molar-refractivity contribution in [2.24, 2.45) is 0 Å². The molecule has 0 fully saturated rings. The minimum atomic E-state index is -0.136. The number of rotatable bonds is 5. The zero-order valence-corrected chi connectivity index (χ0v) is 15.2. The van der Waals surface area contributed by atoms with Crippen LogP contribution < -0.4 is 19.7 Å². The molecule has 6 nitrogen and oxygen atoms in total. The molecule has 2 aromatic carbocycles. The third kappa shape index (κ3) is 3.79. The van der Waals surface area contributed by atoms with Crippen LogP contribution in [0.15, 0.2) is 36.4 Å². The normalized spacial score (nSPS) is 12.0. The minimum absolute atomic E-state index is 0.134. The van der Waals surface area contributed by atoms with Crippen molar-refractivity contribution in [2.75, 3.05) is 23.6 Å². The van der Waals surface area contributed by atoms with Gasteiger partial charge in [-0.2, -0.15) is 0 Å². The van der Waals surface area contributed by atoms with Crippen molar-refractivity contribution in [1.29, 1.82) is 0 Å². The maximum absolute atomic E-state index is 12.3. The van der Waals surface area contributed by atoms with E-state index in [9.17, 15) is 9.59 Å². The lowest BCUT2D eigenvalue weighted by atomic mass is 10.1. The summed E-state index contributed by atoms with van der Waals surface area (Å²) >= 11 is 0. The number of aryl methyl sites for hydroxylation is 1. The Morgan fingerprint density at radius 3 is 2.65 bits per heavy atom. The molecule has 0 saturated heterocycles. The highest BCUT2D eigenvalue weighted by Gasteiger charge is 2.19. The fourth-order valence-electron chi connectivity index (χ4n) is 2.83. The zero-order valence-electron chi connectivity index (χ0n) is 15.2. The summed E-state index contributed by atoms with van der Waals surface area (Å²) in [5.41, 5.74) is 3.64. The molecule has 0 bridgehead atoms. The van der Waals surface area contributed by atoms with Gasteiger partial charge < -0.3 is 19.7 Å². The van der Waals surface area contributed by atoms with Gasteiger partial charge in [0.15, 0.2) is 11.5 Å². The lowest BCUT2D eigenvalue weighted by Gasteiger charge is -2.21. The fraction of sp³-hybridized carbons (Fsp3) is 0.300. The van der Waals surface area contributed by atoms with Crippen LogP contribution >= 0.6 is 0 Å². The van der Waals surface area contributed by atoms with Gasteiger partial charge in [0, 0.05) is 37.3 Å². The van der Waals surface area contributed by atoms with Gasteiger partial charge in [-0.05, 0) is 43.2 Å². The molecule has 0 spiro atoms. The van der Waals surface area contributed by atoms with Crippen LogP contribution in [0.2, 0.25) is 0 Å². The van der Waals surface area contributed by atoms with Crippen molar-refractivity contribution >= 4 is 23.2 Å². The third-order valence-corrected chi connectivity index (χ3v) is 4.49. The molecule has 6 heteroatoms. The summed E-state index contributed by atoms with van der Waals surface area (Å²) in [4.78, 5) is 25.9. The van der Waals surface area contributed by atoms with E-state index in [0.717, 1.165) is 16.8 Å². The average Bonchev–Trinajstić information content (AvgIpc) is 3.06. The summed E-state index contributed by atoms with van der Waals surface area (Å²) in [5.74, 6) is 0.993. The van der Waals surface area contributed by atoms with Crippen molar-refractivity contribution in [3.8, 4) is 11.5 Å². The molecule has 0 radical (unpaired) electrons. The second kappa shape index (κ2) is 7.47. The standard InChI is InChI=1S/C20H22N2O4/c1-13-5-4-6-17(14(13)2)21-20(24)9-10-22(15(3)23)16-7-8-18-19(11-16)26-12-25-18/h4-8,11H,9-10,12H2,1-3H3,(H,21,24). The van der Waals surface area contributed by atoms with Gasteiger partial charge in [-0.1, -0.05) is 12.1 Å². The number of anilines is 2. The van der Waals surface area contributed by atoms with Crippen molar-refractivity contribution < 1.29 is 19.1 Å². The predicted octanol–water partition coefficient (Wildman–Crippen LogP) is 3.41. The molecule has 3 rings (SSSR count). The van der Waals surface area contributed by atoms with E-state index in [1.807, 2.05) is 32.0 Å². The highest BCUT2D eigenvalue weighted by Crippen LogP contribution is 2.35. The van der Waals surface area contributed by atoms with Crippen LogP contribution in [0.4, 0.5) is 11.4 Å². The molecule has 2 amide bonds. The Hall–Kier alpha value is -3.02. The first-order chi connectivity index (χ1) is 12.5. The van der Waals surface area contributed by atoms with Crippen LogP contribution in [0.25, 0.3) is 0 Å². The first-order valence-electron chi connectivity index (χ1n) is 8.49. The molecule has 2 aromatic rings. The van der Waals surface area contributed by atoms with Crippen molar-refractivity contribution in [3.05, 3.63) is 47.5 Å². The van der Waals surface area contributed by atoms with Crippen LogP contribution in [0.3, 0.4) is 0 Å². The van der Waals surface area contributed by atoms with E-state index in [1.54, 1.807) is 23.1 Å². The van der Waals surface area contributed by atoms with Crippen molar-refractivity contribution in [2.45, 2.75) is 27.2 Å². The summed E-state index contributed by atoms with van der Waals surface area (Å²) in [6.07, 6.45) is 0.196. The van der Waals surface area contributed by atoms with E-state index in [4.69, 9.17) is 9.47 Å². The minimum Gasteiger partial charge on any atom is -0.454 e. The van der Waals surface area contributed by atoms with Crippen molar-refractivity contribution in [1.82, 2.24) is 0 Å². The Labute approximate surface area is 152 Å². The third-order valence-electron chi connectivity index (χ3n) is 4.49. The SMILES string of the molecule is CC(=O)N(CCC(=O)Nc1cccc(C)c1C)c1ccc2c(c1)OCO2. The summed E-state index contributed by atoms with van der Waals surface area (Å²) < 4.78 is 10.6. The van der Waals surface area contributed by atoms with Crippen LogP contribution in [-0.4, -0.2) is 25.2 Å². The molecule has 0 aliphatic carbocycles.